The molecule has 0 aromatic carbocycles. The van der Waals surface area contributed by atoms with Crippen molar-refractivity contribution in [2.24, 2.45) is 0 Å². The highest BCUT2D eigenvalue weighted by molar-refractivity contribution is 5.79. The Morgan fingerprint density at radius 2 is 2.67 bits per heavy atom. The molecule has 1 atom stereocenters. The molecule has 5 heteroatoms. The van der Waals surface area contributed by atoms with E-state index in [1.54, 1.807) is 0 Å². The topological polar surface area (TPSA) is 77.0 Å². The Morgan fingerprint density at radius 3 is 3.11 bits per heavy atom. The maximum absolute atomic E-state index is 9.82. The lowest BCUT2D eigenvalue weighted by Gasteiger charge is -2.04. The predicted molar refractivity (Wildman–Crippen MR) is 31.9 cm³/mol. The Kier molecular flexibility index (Phi) is 1.53. The van der Waals surface area contributed by atoms with E-state index in [4.69, 9.17) is 5.41 Å². The van der Waals surface area contributed by atoms with Crippen molar-refractivity contribution < 1.29 is 4.79 Å². The second-order valence-corrected chi connectivity index (χ2v) is 1.74. The third kappa shape index (κ3) is 1.31. The fourth-order valence-electron chi connectivity index (χ4n) is 0.663. The Morgan fingerprint density at radius 1 is 1.89 bits per heavy atom. The Hall–Kier alpha value is -1.26. The summed E-state index contributed by atoms with van der Waals surface area (Å²) in [5.41, 5.74) is 0. The highest BCUT2D eigenvalue weighted by Crippen LogP contribution is 1.80. The minimum Gasteiger partial charge on any atom is -0.353 e. The van der Waals surface area contributed by atoms with E-state index in [0.29, 0.717) is 13.0 Å². The van der Waals surface area contributed by atoms with E-state index in [-0.39, 0.29) is 12.1 Å². The first-order valence-corrected chi connectivity index (χ1v) is 2.61. The van der Waals surface area contributed by atoms with Crippen molar-refractivity contribution in [2.75, 3.05) is 6.54 Å². The maximum Gasteiger partial charge on any atom is 0.208 e. The highest BCUT2D eigenvalue weighted by atomic mass is 16.1. The van der Waals surface area contributed by atoms with Crippen LogP contribution in [0, 0.1) is 5.41 Å². The standard InChI is InChI=1S/C4H8N4O/c5-4-6-1-3(8-4)7-2-9/h2-3H,1H2,(H,7,9)(H3,5,6,8). The van der Waals surface area contributed by atoms with Crippen molar-refractivity contribution in [3.8, 4) is 0 Å². The van der Waals surface area contributed by atoms with Crippen LogP contribution in [0.3, 0.4) is 0 Å². The van der Waals surface area contributed by atoms with E-state index in [1.165, 1.54) is 0 Å². The zero-order valence-electron chi connectivity index (χ0n) is 4.77. The highest BCUT2D eigenvalue weighted by Gasteiger charge is 2.14. The SMILES string of the molecule is N=C1NCC(NC=O)N1. The van der Waals surface area contributed by atoms with Gasteiger partial charge in [0.2, 0.25) is 6.41 Å². The van der Waals surface area contributed by atoms with Crippen LogP contribution in [0.25, 0.3) is 0 Å². The van der Waals surface area contributed by atoms with E-state index < -0.39 is 0 Å². The quantitative estimate of drug-likeness (QED) is 0.331. The van der Waals surface area contributed by atoms with Gasteiger partial charge in [0, 0.05) is 0 Å². The Labute approximate surface area is 52.3 Å². The average Bonchev–Trinajstić information content (AvgIpc) is 2.17. The second-order valence-electron chi connectivity index (χ2n) is 1.74. The molecule has 0 radical (unpaired) electrons. The molecule has 0 aromatic heterocycles. The van der Waals surface area contributed by atoms with E-state index in [0.717, 1.165) is 0 Å². The minimum absolute atomic E-state index is 0.116. The van der Waals surface area contributed by atoms with Crippen LogP contribution in [0.1, 0.15) is 0 Å². The molecule has 1 amide bonds. The van der Waals surface area contributed by atoms with Crippen molar-refractivity contribution in [3.63, 3.8) is 0 Å². The molecule has 1 unspecified atom stereocenters. The molecule has 1 saturated heterocycles. The summed E-state index contributed by atoms with van der Waals surface area (Å²) in [6.45, 7) is 0.581. The number of carbonyl (C=O) groups excluding carboxylic acids is 1. The fraction of sp³-hybridized carbons (Fsp3) is 0.500. The number of hydrogen-bond acceptors (Lipinski definition) is 2. The molecular weight excluding hydrogens is 120 g/mol. The van der Waals surface area contributed by atoms with Gasteiger partial charge in [-0.05, 0) is 0 Å². The van der Waals surface area contributed by atoms with Gasteiger partial charge in [0.1, 0.15) is 6.17 Å². The number of hydrogen-bond donors (Lipinski definition) is 4. The van der Waals surface area contributed by atoms with Crippen molar-refractivity contribution in [3.05, 3.63) is 0 Å². The molecule has 9 heavy (non-hydrogen) atoms. The van der Waals surface area contributed by atoms with Crippen molar-refractivity contribution in [1.29, 1.82) is 5.41 Å². The fourth-order valence-corrected chi connectivity index (χ4v) is 0.663. The van der Waals surface area contributed by atoms with Crippen LogP contribution in [-0.2, 0) is 4.79 Å². The first-order valence-electron chi connectivity index (χ1n) is 2.61. The Balaban J connectivity index is 2.29. The van der Waals surface area contributed by atoms with Crippen molar-refractivity contribution in [1.82, 2.24) is 16.0 Å². The second kappa shape index (κ2) is 2.34. The van der Waals surface area contributed by atoms with Crippen LogP contribution < -0.4 is 16.0 Å². The summed E-state index contributed by atoms with van der Waals surface area (Å²) >= 11 is 0. The lowest BCUT2D eigenvalue weighted by molar-refractivity contribution is -0.110. The summed E-state index contributed by atoms with van der Waals surface area (Å²) in [4.78, 5) is 9.82. The van der Waals surface area contributed by atoms with Gasteiger partial charge in [0.05, 0.1) is 6.54 Å². The van der Waals surface area contributed by atoms with E-state index in [1.807, 2.05) is 0 Å². The van der Waals surface area contributed by atoms with Crippen molar-refractivity contribution >= 4 is 12.4 Å². The number of rotatable bonds is 2. The molecule has 0 bridgehead atoms. The number of nitrogens with one attached hydrogen (secondary N) is 4. The zero-order valence-corrected chi connectivity index (χ0v) is 4.77. The molecule has 50 valence electrons. The molecule has 0 aromatic rings. The van der Waals surface area contributed by atoms with Gasteiger partial charge >= 0.3 is 0 Å². The van der Waals surface area contributed by atoms with Crippen LogP contribution in [0.4, 0.5) is 0 Å². The smallest absolute Gasteiger partial charge is 0.208 e. The summed E-state index contributed by atoms with van der Waals surface area (Å²) in [6.07, 6.45) is 0.493. The summed E-state index contributed by atoms with van der Waals surface area (Å²) in [5.74, 6) is 0.259. The molecular formula is C4H8N4O. The molecule has 1 aliphatic rings. The van der Waals surface area contributed by atoms with Gasteiger partial charge in [0.15, 0.2) is 5.96 Å². The van der Waals surface area contributed by atoms with Crippen LogP contribution in [0.5, 0.6) is 0 Å². The normalized spacial score (nSPS) is 24.4. The monoisotopic (exact) mass is 128 g/mol. The third-order valence-corrected chi connectivity index (χ3v) is 1.07. The summed E-state index contributed by atoms with van der Waals surface area (Å²) in [6, 6.07) is 0. The molecule has 1 rings (SSSR count). The first-order chi connectivity index (χ1) is 4.33. The number of carbonyl (C=O) groups is 1. The van der Waals surface area contributed by atoms with Crippen LogP contribution in [-0.4, -0.2) is 25.1 Å². The summed E-state index contributed by atoms with van der Waals surface area (Å²) in [7, 11) is 0. The summed E-state index contributed by atoms with van der Waals surface area (Å²) < 4.78 is 0. The molecule has 0 aliphatic carbocycles. The molecule has 4 N–H and O–H groups in total. The van der Waals surface area contributed by atoms with Gasteiger partial charge in [-0.25, -0.2) is 0 Å². The van der Waals surface area contributed by atoms with Gasteiger partial charge in [-0.15, -0.1) is 0 Å². The lowest BCUT2D eigenvalue weighted by atomic mass is 10.5. The predicted octanol–water partition coefficient (Wildman–Crippen LogP) is -1.81. The van der Waals surface area contributed by atoms with Crippen LogP contribution in [0.2, 0.25) is 0 Å². The van der Waals surface area contributed by atoms with Crippen molar-refractivity contribution in [2.45, 2.75) is 6.17 Å². The van der Waals surface area contributed by atoms with Crippen LogP contribution in [0.15, 0.2) is 0 Å². The molecule has 0 spiro atoms. The minimum atomic E-state index is -0.116. The molecule has 1 aliphatic heterocycles. The van der Waals surface area contributed by atoms with Gasteiger partial charge in [-0.3, -0.25) is 10.2 Å². The molecule has 1 heterocycles. The van der Waals surface area contributed by atoms with E-state index >= 15 is 0 Å². The first kappa shape index (κ1) is 5.87. The lowest BCUT2D eigenvalue weighted by Crippen LogP contribution is -2.39. The van der Waals surface area contributed by atoms with Gasteiger partial charge in [0.25, 0.3) is 0 Å². The zero-order chi connectivity index (χ0) is 6.69. The molecule has 5 nitrogen and oxygen atoms in total. The van der Waals surface area contributed by atoms with E-state index in [2.05, 4.69) is 16.0 Å². The third-order valence-electron chi connectivity index (χ3n) is 1.07. The number of amides is 1. The van der Waals surface area contributed by atoms with E-state index in [9.17, 15) is 4.79 Å². The molecule has 1 fully saturated rings. The Bertz CT molecular complexity index is 135. The largest absolute Gasteiger partial charge is 0.353 e. The van der Waals surface area contributed by atoms with Gasteiger partial charge in [-0.1, -0.05) is 0 Å². The average molecular weight is 128 g/mol. The number of guanidine groups is 1. The summed E-state index contributed by atoms with van der Waals surface area (Å²) in [5, 5.41) is 14.8. The maximum atomic E-state index is 9.82. The van der Waals surface area contributed by atoms with Gasteiger partial charge < -0.3 is 16.0 Å². The van der Waals surface area contributed by atoms with Gasteiger partial charge in [-0.2, -0.15) is 0 Å². The molecule has 0 saturated carbocycles. The van der Waals surface area contributed by atoms with Crippen LogP contribution >= 0.6 is 0 Å².